The minimum absolute atomic E-state index is 0.0160. The summed E-state index contributed by atoms with van der Waals surface area (Å²) in [6.45, 7) is 4.92. The van der Waals surface area contributed by atoms with Crippen LogP contribution in [0.15, 0.2) is 46.9 Å². The standard InChI is InChI=1S/C21H26BrNO3/c1-15(2)17-8-11-20(19(22)13-17)26-14-21(24)23-12-4-5-16-6-9-18(25-3)10-7-16/h6-11,13,15H,4-5,12,14H2,1-3H3,(H,23,24). The minimum atomic E-state index is -0.112. The van der Waals surface area contributed by atoms with Crippen molar-refractivity contribution in [1.29, 1.82) is 0 Å². The molecule has 0 aliphatic rings. The Hall–Kier alpha value is -2.01. The smallest absolute Gasteiger partial charge is 0.257 e. The number of benzene rings is 2. The van der Waals surface area contributed by atoms with E-state index in [9.17, 15) is 4.79 Å². The topological polar surface area (TPSA) is 47.6 Å². The van der Waals surface area contributed by atoms with Crippen molar-refractivity contribution < 1.29 is 14.3 Å². The fourth-order valence-corrected chi connectivity index (χ4v) is 3.01. The molecule has 0 aromatic heterocycles. The van der Waals surface area contributed by atoms with Crippen LogP contribution >= 0.6 is 15.9 Å². The van der Waals surface area contributed by atoms with Gasteiger partial charge in [-0.2, -0.15) is 0 Å². The fraction of sp³-hybridized carbons (Fsp3) is 0.381. The molecule has 0 aliphatic heterocycles. The van der Waals surface area contributed by atoms with Gasteiger partial charge in [0.25, 0.3) is 5.91 Å². The number of methoxy groups -OCH3 is 1. The zero-order chi connectivity index (χ0) is 18.9. The molecule has 0 saturated heterocycles. The molecule has 26 heavy (non-hydrogen) atoms. The molecule has 0 atom stereocenters. The van der Waals surface area contributed by atoms with Crippen LogP contribution in [-0.4, -0.2) is 26.2 Å². The zero-order valence-corrected chi connectivity index (χ0v) is 17.1. The van der Waals surface area contributed by atoms with E-state index in [0.29, 0.717) is 18.2 Å². The van der Waals surface area contributed by atoms with Crippen molar-refractivity contribution in [3.63, 3.8) is 0 Å². The molecule has 140 valence electrons. The second kappa shape index (κ2) is 10.2. The molecule has 2 aromatic carbocycles. The van der Waals surface area contributed by atoms with Gasteiger partial charge in [-0.25, -0.2) is 0 Å². The fourth-order valence-electron chi connectivity index (χ4n) is 2.50. The lowest BCUT2D eigenvalue weighted by molar-refractivity contribution is -0.123. The Kier molecular flexibility index (Phi) is 7.98. The average Bonchev–Trinajstić information content (AvgIpc) is 2.64. The summed E-state index contributed by atoms with van der Waals surface area (Å²) in [4.78, 5) is 11.9. The van der Waals surface area contributed by atoms with Gasteiger partial charge in [-0.3, -0.25) is 4.79 Å². The number of carbonyl (C=O) groups excluding carboxylic acids is 1. The monoisotopic (exact) mass is 419 g/mol. The first kappa shape index (κ1) is 20.3. The summed E-state index contributed by atoms with van der Waals surface area (Å²) in [5.74, 6) is 1.88. The molecule has 2 rings (SSSR count). The first-order valence-electron chi connectivity index (χ1n) is 8.81. The Morgan fingerprint density at radius 3 is 2.50 bits per heavy atom. The van der Waals surface area contributed by atoms with Gasteiger partial charge in [0, 0.05) is 6.54 Å². The summed E-state index contributed by atoms with van der Waals surface area (Å²) in [6.07, 6.45) is 1.79. The molecular weight excluding hydrogens is 394 g/mol. The van der Waals surface area contributed by atoms with E-state index >= 15 is 0 Å². The Morgan fingerprint density at radius 2 is 1.88 bits per heavy atom. The van der Waals surface area contributed by atoms with Crippen LogP contribution in [0.5, 0.6) is 11.5 Å². The second-order valence-electron chi connectivity index (χ2n) is 6.43. The summed E-state index contributed by atoms with van der Waals surface area (Å²) in [7, 11) is 1.66. The van der Waals surface area contributed by atoms with E-state index < -0.39 is 0 Å². The molecule has 0 spiro atoms. The normalized spacial score (nSPS) is 10.7. The molecule has 0 aliphatic carbocycles. The van der Waals surface area contributed by atoms with Gasteiger partial charge in [-0.05, 0) is 70.1 Å². The summed E-state index contributed by atoms with van der Waals surface area (Å²) in [5.41, 5.74) is 2.46. The van der Waals surface area contributed by atoms with Crippen molar-refractivity contribution >= 4 is 21.8 Å². The van der Waals surface area contributed by atoms with Crippen LogP contribution in [0.25, 0.3) is 0 Å². The molecule has 2 aromatic rings. The van der Waals surface area contributed by atoms with E-state index in [0.717, 1.165) is 23.1 Å². The number of halogens is 1. The number of amides is 1. The quantitative estimate of drug-likeness (QED) is 0.598. The Labute approximate surface area is 164 Å². The van der Waals surface area contributed by atoms with Gasteiger partial charge < -0.3 is 14.8 Å². The predicted octanol–water partition coefficient (Wildman–Crippen LogP) is 4.71. The average molecular weight is 420 g/mol. The number of aryl methyl sites for hydroxylation is 1. The highest BCUT2D eigenvalue weighted by atomic mass is 79.9. The van der Waals surface area contributed by atoms with Crippen molar-refractivity contribution in [2.75, 3.05) is 20.3 Å². The second-order valence-corrected chi connectivity index (χ2v) is 7.29. The highest BCUT2D eigenvalue weighted by Crippen LogP contribution is 2.28. The number of hydrogen-bond donors (Lipinski definition) is 1. The van der Waals surface area contributed by atoms with Gasteiger partial charge in [0.2, 0.25) is 0 Å². The maximum absolute atomic E-state index is 11.9. The van der Waals surface area contributed by atoms with Gasteiger partial charge in [0.05, 0.1) is 11.6 Å². The van der Waals surface area contributed by atoms with Crippen LogP contribution in [0, 0.1) is 0 Å². The first-order chi connectivity index (χ1) is 12.5. The maximum atomic E-state index is 11.9. The summed E-state index contributed by atoms with van der Waals surface area (Å²) in [6, 6.07) is 13.9. The molecular formula is C21H26BrNO3. The number of ether oxygens (including phenoxy) is 2. The molecule has 0 unspecified atom stereocenters. The van der Waals surface area contributed by atoms with E-state index in [1.54, 1.807) is 7.11 Å². The van der Waals surface area contributed by atoms with Crippen molar-refractivity contribution in [2.24, 2.45) is 0 Å². The van der Waals surface area contributed by atoms with Gasteiger partial charge in [0.1, 0.15) is 11.5 Å². The molecule has 5 heteroatoms. The minimum Gasteiger partial charge on any atom is -0.497 e. The third-order valence-corrected chi connectivity index (χ3v) is 4.72. The van der Waals surface area contributed by atoms with Crippen LogP contribution in [0.1, 0.15) is 37.3 Å². The number of hydrogen-bond acceptors (Lipinski definition) is 3. The maximum Gasteiger partial charge on any atom is 0.257 e. The molecule has 4 nitrogen and oxygen atoms in total. The molecule has 0 bridgehead atoms. The lowest BCUT2D eigenvalue weighted by Gasteiger charge is -2.11. The van der Waals surface area contributed by atoms with Crippen LogP contribution in [0.3, 0.4) is 0 Å². The lowest BCUT2D eigenvalue weighted by atomic mass is 10.0. The SMILES string of the molecule is COc1ccc(CCCNC(=O)COc2ccc(C(C)C)cc2Br)cc1. The molecule has 0 saturated carbocycles. The third kappa shape index (κ3) is 6.37. The summed E-state index contributed by atoms with van der Waals surface area (Å²) in [5, 5.41) is 2.89. The third-order valence-electron chi connectivity index (χ3n) is 4.10. The summed E-state index contributed by atoms with van der Waals surface area (Å²) >= 11 is 3.50. The zero-order valence-electron chi connectivity index (χ0n) is 15.5. The van der Waals surface area contributed by atoms with Gasteiger partial charge >= 0.3 is 0 Å². The van der Waals surface area contributed by atoms with E-state index in [-0.39, 0.29) is 12.5 Å². The van der Waals surface area contributed by atoms with Crippen molar-refractivity contribution in [3.05, 3.63) is 58.1 Å². The Morgan fingerprint density at radius 1 is 1.15 bits per heavy atom. The number of nitrogens with one attached hydrogen (secondary N) is 1. The van der Waals surface area contributed by atoms with E-state index in [2.05, 4.69) is 35.1 Å². The van der Waals surface area contributed by atoms with Crippen molar-refractivity contribution in [1.82, 2.24) is 5.32 Å². The Bertz CT molecular complexity index is 714. The first-order valence-corrected chi connectivity index (χ1v) is 9.60. The van der Waals surface area contributed by atoms with Gasteiger partial charge in [-0.1, -0.05) is 32.0 Å². The van der Waals surface area contributed by atoms with Crippen LogP contribution in [0.4, 0.5) is 0 Å². The number of rotatable bonds is 9. The van der Waals surface area contributed by atoms with Crippen molar-refractivity contribution in [3.8, 4) is 11.5 Å². The van der Waals surface area contributed by atoms with Crippen LogP contribution in [-0.2, 0) is 11.2 Å². The molecule has 0 fully saturated rings. The van der Waals surface area contributed by atoms with Crippen LogP contribution in [0.2, 0.25) is 0 Å². The van der Waals surface area contributed by atoms with Gasteiger partial charge in [0.15, 0.2) is 6.61 Å². The lowest BCUT2D eigenvalue weighted by Crippen LogP contribution is -2.30. The van der Waals surface area contributed by atoms with E-state index in [4.69, 9.17) is 9.47 Å². The predicted molar refractivity (Wildman–Crippen MR) is 108 cm³/mol. The molecule has 1 N–H and O–H groups in total. The Balaban J connectivity index is 1.68. The van der Waals surface area contributed by atoms with Gasteiger partial charge in [-0.15, -0.1) is 0 Å². The summed E-state index contributed by atoms with van der Waals surface area (Å²) < 4.78 is 11.6. The van der Waals surface area contributed by atoms with E-state index in [1.165, 1.54) is 11.1 Å². The number of carbonyl (C=O) groups is 1. The highest BCUT2D eigenvalue weighted by molar-refractivity contribution is 9.10. The highest BCUT2D eigenvalue weighted by Gasteiger charge is 2.08. The molecule has 1 amide bonds. The van der Waals surface area contributed by atoms with E-state index in [1.807, 2.05) is 42.5 Å². The molecule has 0 heterocycles. The van der Waals surface area contributed by atoms with Crippen molar-refractivity contribution in [2.45, 2.75) is 32.6 Å². The van der Waals surface area contributed by atoms with Crippen LogP contribution < -0.4 is 14.8 Å². The molecule has 0 radical (unpaired) electrons. The largest absolute Gasteiger partial charge is 0.497 e.